The van der Waals surface area contributed by atoms with Gasteiger partial charge in [-0.2, -0.15) is 0 Å². The molecule has 0 saturated heterocycles. The fraction of sp³-hybridized carbons (Fsp3) is 0.172. The van der Waals surface area contributed by atoms with Gasteiger partial charge >= 0.3 is 25.0 Å². The molecule has 0 aliphatic carbocycles. The number of aliphatic carboxylic acids is 1. The molecule has 0 atom stereocenters. The molecule has 0 radical (unpaired) electrons. The zero-order valence-corrected chi connectivity index (χ0v) is 22.9. The van der Waals surface area contributed by atoms with Gasteiger partial charge in [-0.15, -0.1) is 11.3 Å². The van der Waals surface area contributed by atoms with Gasteiger partial charge in [-0.05, 0) is 20.8 Å². The van der Waals surface area contributed by atoms with Crippen LogP contribution in [0.1, 0.15) is 43.2 Å². The van der Waals surface area contributed by atoms with Crippen LogP contribution in [-0.2, 0) is 20.0 Å². The van der Waals surface area contributed by atoms with Gasteiger partial charge in [0, 0.05) is 22.1 Å². The molecule has 0 unspecified atom stereocenters. The molecule has 1 aromatic heterocycles. The zero-order chi connectivity index (χ0) is 27.2. The number of carbonyl (C=O) groups excluding carboxylic acids is 2. The Morgan fingerprint density at radius 1 is 0.846 bits per heavy atom. The van der Waals surface area contributed by atoms with Crippen molar-refractivity contribution in [2.45, 2.75) is 32.0 Å². The molecule has 4 rings (SSSR count). The van der Waals surface area contributed by atoms with Crippen LogP contribution in [0.4, 0.5) is 9.93 Å². The summed E-state index contributed by atoms with van der Waals surface area (Å²) in [4.78, 5) is 34.7. The van der Waals surface area contributed by atoms with Crippen LogP contribution in [0.25, 0.3) is 0 Å². The first-order valence-corrected chi connectivity index (χ1v) is 12.7. The van der Waals surface area contributed by atoms with E-state index in [4.69, 9.17) is 9.57 Å². The Morgan fingerprint density at radius 3 is 1.72 bits per heavy atom. The number of hydrogen-bond acceptors (Lipinski definition) is 8. The first-order valence-electron chi connectivity index (χ1n) is 11.8. The molecule has 0 aliphatic heterocycles. The van der Waals surface area contributed by atoms with E-state index in [-0.39, 0.29) is 29.7 Å². The average Bonchev–Trinajstić information content (AvgIpc) is 3.34. The van der Waals surface area contributed by atoms with Gasteiger partial charge in [-0.3, -0.25) is 5.32 Å². The van der Waals surface area contributed by atoms with E-state index in [1.54, 1.807) is 20.8 Å². The van der Waals surface area contributed by atoms with Crippen LogP contribution in [0.3, 0.4) is 0 Å². The minimum Gasteiger partial charge on any atom is -0.543 e. The summed E-state index contributed by atoms with van der Waals surface area (Å²) >= 11 is 1.02. The number of oxime groups is 1. The van der Waals surface area contributed by atoms with Gasteiger partial charge in [0.25, 0.3) is 0 Å². The van der Waals surface area contributed by atoms with Crippen molar-refractivity contribution in [1.29, 1.82) is 0 Å². The van der Waals surface area contributed by atoms with Gasteiger partial charge < -0.3 is 19.5 Å². The fourth-order valence-corrected chi connectivity index (χ4v) is 4.49. The van der Waals surface area contributed by atoms with E-state index in [1.165, 1.54) is 5.38 Å². The van der Waals surface area contributed by atoms with Crippen LogP contribution in [0.15, 0.2) is 102 Å². The molecule has 39 heavy (non-hydrogen) atoms. The van der Waals surface area contributed by atoms with Crippen molar-refractivity contribution in [3.8, 4) is 0 Å². The van der Waals surface area contributed by atoms with Crippen LogP contribution < -0.4 is 29.3 Å². The molecule has 3 aromatic carbocycles. The van der Waals surface area contributed by atoms with E-state index in [2.05, 4.69) is 15.5 Å². The van der Waals surface area contributed by atoms with E-state index >= 15 is 0 Å². The third-order valence-corrected chi connectivity index (χ3v) is 6.12. The SMILES string of the molecule is CC(C)(C)OC(=O)Nc1nc(/C(=N/OC(c2ccccc2)(c2ccccc2)c2ccccc2)C(=O)[O-])cs1.[Li+]. The molecule has 0 fully saturated rings. The summed E-state index contributed by atoms with van der Waals surface area (Å²) in [6.07, 6.45) is -0.710. The van der Waals surface area contributed by atoms with E-state index in [9.17, 15) is 14.7 Å². The predicted molar refractivity (Wildman–Crippen MR) is 144 cm³/mol. The van der Waals surface area contributed by atoms with Crippen molar-refractivity contribution in [1.82, 2.24) is 4.98 Å². The minimum atomic E-state index is -1.58. The number of benzene rings is 3. The molecule has 194 valence electrons. The molecule has 0 aliphatic rings. The number of carboxylic acids is 1. The van der Waals surface area contributed by atoms with Crippen LogP contribution in [0.2, 0.25) is 0 Å². The van der Waals surface area contributed by atoms with Gasteiger partial charge in [0.1, 0.15) is 11.3 Å². The monoisotopic (exact) mass is 535 g/mol. The maximum atomic E-state index is 12.2. The normalized spacial score (nSPS) is 11.7. The third-order valence-electron chi connectivity index (χ3n) is 5.36. The standard InChI is InChI=1S/C29H27N3O5S.Li/c1-28(2,3)36-27(35)31-26-30-23(19-38-26)24(25(33)34)32-37-29(20-13-7-4-8-14-20,21-15-9-5-10-16-21)22-17-11-6-12-18-22;/h4-19H,1-3H3,(H,33,34)(H,30,31,35);/q;+1/p-1/b32-24-;. The third kappa shape index (κ3) is 7.15. The Hall–Kier alpha value is -3.90. The van der Waals surface area contributed by atoms with Gasteiger partial charge in [0.2, 0.25) is 5.60 Å². The van der Waals surface area contributed by atoms with E-state index in [0.717, 1.165) is 28.0 Å². The Balaban J connectivity index is 0.00000420. The van der Waals surface area contributed by atoms with E-state index in [0.29, 0.717) is 0 Å². The molecule has 0 spiro atoms. The van der Waals surface area contributed by atoms with Gasteiger partial charge in [-0.1, -0.05) is 96.2 Å². The summed E-state index contributed by atoms with van der Waals surface area (Å²) < 4.78 is 5.23. The van der Waals surface area contributed by atoms with Crippen molar-refractivity contribution in [3.05, 3.63) is 119 Å². The molecule has 0 saturated carbocycles. The number of carbonyl (C=O) groups is 2. The molecule has 1 heterocycles. The summed E-state index contributed by atoms with van der Waals surface area (Å²) in [5.41, 5.74) is -0.309. The first kappa shape index (κ1) is 29.7. The maximum absolute atomic E-state index is 12.2. The molecule has 0 bridgehead atoms. The summed E-state index contributed by atoms with van der Waals surface area (Å²) in [5.74, 6) is -1.58. The zero-order valence-electron chi connectivity index (χ0n) is 22.1. The van der Waals surface area contributed by atoms with Gasteiger partial charge in [0.05, 0.1) is 5.97 Å². The van der Waals surface area contributed by atoms with Crippen LogP contribution in [0.5, 0.6) is 0 Å². The maximum Gasteiger partial charge on any atom is 1.00 e. The number of nitrogens with one attached hydrogen (secondary N) is 1. The Kier molecular flexibility index (Phi) is 9.70. The number of aromatic nitrogens is 1. The Labute approximate surface area is 242 Å². The second-order valence-corrected chi connectivity index (χ2v) is 10.1. The summed E-state index contributed by atoms with van der Waals surface area (Å²) in [5, 5.41) is 20.4. The number of anilines is 1. The Morgan fingerprint density at radius 2 is 1.31 bits per heavy atom. The van der Waals surface area contributed by atoms with Crippen molar-refractivity contribution in [2.75, 3.05) is 5.32 Å². The molecule has 4 aromatic rings. The molecule has 10 heteroatoms. The van der Waals surface area contributed by atoms with Crippen molar-refractivity contribution >= 4 is 34.2 Å². The summed E-state index contributed by atoms with van der Waals surface area (Å²) in [7, 11) is 0. The van der Waals surface area contributed by atoms with E-state index < -0.39 is 29.0 Å². The number of nitrogens with zero attached hydrogens (tertiary/aromatic N) is 2. The molecular weight excluding hydrogens is 509 g/mol. The molecular formula is C29H26LiN3O5S. The topological polar surface area (TPSA) is 113 Å². The van der Waals surface area contributed by atoms with Crippen LogP contribution in [-0.4, -0.2) is 28.4 Å². The van der Waals surface area contributed by atoms with E-state index in [1.807, 2.05) is 91.0 Å². The summed E-state index contributed by atoms with van der Waals surface area (Å²) in [6.45, 7) is 5.20. The first-order chi connectivity index (χ1) is 18.2. The minimum absolute atomic E-state index is 0. The molecule has 1 N–H and O–H groups in total. The van der Waals surface area contributed by atoms with Crippen LogP contribution >= 0.6 is 11.3 Å². The smallest absolute Gasteiger partial charge is 0.543 e. The summed E-state index contributed by atoms with van der Waals surface area (Å²) in [6, 6.07) is 28.2. The number of thiazole rings is 1. The molecule has 1 amide bonds. The molecule has 8 nitrogen and oxygen atoms in total. The largest absolute Gasteiger partial charge is 1.00 e. The average molecular weight is 536 g/mol. The second-order valence-electron chi connectivity index (χ2n) is 9.26. The number of hydrogen-bond donors (Lipinski definition) is 1. The quantitative estimate of drug-likeness (QED) is 0.160. The second kappa shape index (κ2) is 12.8. The van der Waals surface area contributed by atoms with Crippen molar-refractivity contribution in [3.63, 3.8) is 0 Å². The van der Waals surface area contributed by atoms with Crippen LogP contribution in [0, 0.1) is 0 Å². The Bertz CT molecular complexity index is 1320. The van der Waals surface area contributed by atoms with Crippen molar-refractivity contribution < 1.29 is 43.1 Å². The number of rotatable bonds is 8. The number of amides is 1. The predicted octanol–water partition coefficient (Wildman–Crippen LogP) is 1.96. The van der Waals surface area contributed by atoms with Gasteiger partial charge in [-0.25, -0.2) is 9.78 Å². The van der Waals surface area contributed by atoms with Crippen molar-refractivity contribution in [2.24, 2.45) is 5.16 Å². The fourth-order valence-electron chi connectivity index (χ4n) is 3.81. The number of ether oxygens (including phenoxy) is 1. The van der Waals surface area contributed by atoms with Gasteiger partial charge in [0.15, 0.2) is 10.8 Å². The number of carboxylic acid groups (broad SMARTS) is 1.